The monoisotopic (exact) mass is 290 g/mol. The van der Waals surface area contributed by atoms with Gasteiger partial charge in [-0.3, -0.25) is 4.79 Å². The number of fused-ring (bicyclic) bond motifs is 1. The lowest BCUT2D eigenvalue weighted by Crippen LogP contribution is -2.47. The molecular weight excluding hydrogens is 272 g/mol. The van der Waals surface area contributed by atoms with Gasteiger partial charge in [0.05, 0.1) is 36.3 Å². The van der Waals surface area contributed by atoms with E-state index in [2.05, 4.69) is 10.1 Å². The molecule has 0 bridgehead atoms. The zero-order valence-corrected chi connectivity index (χ0v) is 12.1. The Hall–Kier alpha value is -1.99. The lowest BCUT2D eigenvalue weighted by molar-refractivity contribution is -0.0447. The van der Waals surface area contributed by atoms with Crippen LogP contribution in [0, 0.1) is 13.8 Å². The molecule has 0 spiro atoms. The molecule has 21 heavy (non-hydrogen) atoms. The first-order valence-corrected chi connectivity index (χ1v) is 6.94. The minimum Gasteiger partial charge on any atom is -0.394 e. The molecule has 1 amide bonds. The van der Waals surface area contributed by atoms with Crippen LogP contribution in [0.1, 0.15) is 21.7 Å². The molecule has 2 aromatic rings. The van der Waals surface area contributed by atoms with Gasteiger partial charge >= 0.3 is 0 Å². The van der Waals surface area contributed by atoms with Crippen molar-refractivity contribution in [3.8, 4) is 0 Å². The number of carbonyl (C=O) groups excluding carboxylic acids is 1. The average molecular weight is 290 g/mol. The van der Waals surface area contributed by atoms with Crippen LogP contribution in [0.2, 0.25) is 0 Å². The van der Waals surface area contributed by atoms with E-state index < -0.39 is 0 Å². The van der Waals surface area contributed by atoms with Gasteiger partial charge in [0.1, 0.15) is 0 Å². The van der Waals surface area contributed by atoms with Gasteiger partial charge in [-0.15, -0.1) is 0 Å². The highest BCUT2D eigenvalue weighted by molar-refractivity contribution is 5.95. The molecule has 1 atom stereocenters. The molecule has 112 valence electrons. The van der Waals surface area contributed by atoms with Crippen molar-refractivity contribution < 1.29 is 14.6 Å². The highest BCUT2D eigenvalue weighted by Gasteiger charge is 2.26. The van der Waals surface area contributed by atoms with E-state index in [0.29, 0.717) is 25.3 Å². The Labute approximate surface area is 122 Å². The lowest BCUT2D eigenvalue weighted by Gasteiger charge is -2.32. The van der Waals surface area contributed by atoms with Crippen LogP contribution >= 0.6 is 0 Å². The molecule has 0 aliphatic carbocycles. The van der Waals surface area contributed by atoms with Crippen molar-refractivity contribution >= 4 is 11.6 Å². The van der Waals surface area contributed by atoms with Crippen LogP contribution in [0.3, 0.4) is 0 Å². The topological polar surface area (TPSA) is 80.0 Å². The van der Waals surface area contributed by atoms with Gasteiger partial charge in [-0.1, -0.05) is 0 Å². The molecule has 3 heterocycles. The number of amides is 1. The summed E-state index contributed by atoms with van der Waals surface area (Å²) in [5.74, 6) is -0.100. The number of rotatable bonds is 2. The van der Waals surface area contributed by atoms with Gasteiger partial charge in [-0.05, 0) is 13.8 Å². The number of aliphatic hydroxyl groups excluding tert-OH is 1. The Kier molecular flexibility index (Phi) is 3.60. The summed E-state index contributed by atoms with van der Waals surface area (Å²) in [6.07, 6.45) is 1.28. The molecule has 1 fully saturated rings. The van der Waals surface area contributed by atoms with Crippen LogP contribution in [0.15, 0.2) is 12.3 Å². The molecule has 7 nitrogen and oxygen atoms in total. The summed E-state index contributed by atoms with van der Waals surface area (Å²) < 4.78 is 7.06. The number of ether oxygens (including phenoxy) is 1. The molecule has 1 N–H and O–H groups in total. The van der Waals surface area contributed by atoms with Crippen molar-refractivity contribution in [3.05, 3.63) is 29.2 Å². The van der Waals surface area contributed by atoms with Gasteiger partial charge in [0.2, 0.25) is 0 Å². The van der Waals surface area contributed by atoms with Crippen molar-refractivity contribution in [2.24, 2.45) is 0 Å². The number of aryl methyl sites for hydroxylation is 2. The molecule has 2 aromatic heterocycles. The summed E-state index contributed by atoms with van der Waals surface area (Å²) in [6, 6.07) is 1.87. The van der Waals surface area contributed by atoms with Crippen LogP contribution in [0.5, 0.6) is 0 Å². The predicted octanol–water partition coefficient (Wildman–Crippen LogP) is 0.179. The third-order valence-electron chi connectivity index (χ3n) is 3.71. The second-order valence-electron chi connectivity index (χ2n) is 5.24. The molecule has 0 aromatic carbocycles. The molecule has 0 radical (unpaired) electrons. The van der Waals surface area contributed by atoms with Gasteiger partial charge in [-0.25, -0.2) is 9.50 Å². The number of morpholine rings is 1. The molecule has 1 aliphatic rings. The zero-order valence-electron chi connectivity index (χ0n) is 12.1. The molecule has 1 unspecified atom stereocenters. The minimum absolute atomic E-state index is 0.0849. The standard InChI is InChI=1S/C14H18N4O3/c1-9-5-13-15-6-12(10(2)18(13)16-9)14(20)17-3-4-21-11(7-17)8-19/h5-6,11,19H,3-4,7-8H2,1-2H3. The fraction of sp³-hybridized carbons (Fsp3) is 0.500. The van der Waals surface area contributed by atoms with Gasteiger partial charge in [0.25, 0.3) is 5.91 Å². The van der Waals surface area contributed by atoms with E-state index in [-0.39, 0.29) is 18.6 Å². The quantitative estimate of drug-likeness (QED) is 0.853. The summed E-state index contributed by atoms with van der Waals surface area (Å²) in [5.41, 5.74) is 2.90. The van der Waals surface area contributed by atoms with E-state index in [0.717, 1.165) is 17.0 Å². The highest BCUT2D eigenvalue weighted by Crippen LogP contribution is 2.15. The van der Waals surface area contributed by atoms with Gasteiger partial charge < -0.3 is 14.7 Å². The van der Waals surface area contributed by atoms with Crippen molar-refractivity contribution in [1.82, 2.24) is 19.5 Å². The predicted molar refractivity (Wildman–Crippen MR) is 75.2 cm³/mol. The molecule has 3 rings (SSSR count). The second-order valence-corrected chi connectivity index (χ2v) is 5.24. The Bertz CT molecular complexity index is 682. The number of aromatic nitrogens is 3. The van der Waals surface area contributed by atoms with Crippen LogP contribution in [-0.2, 0) is 4.74 Å². The largest absolute Gasteiger partial charge is 0.394 e. The van der Waals surface area contributed by atoms with Crippen LogP contribution in [0.4, 0.5) is 0 Å². The van der Waals surface area contributed by atoms with E-state index >= 15 is 0 Å². The van der Waals surface area contributed by atoms with Gasteiger partial charge in [0.15, 0.2) is 5.65 Å². The molecule has 7 heteroatoms. The molecule has 1 saturated heterocycles. The molecule has 0 saturated carbocycles. The fourth-order valence-corrected chi connectivity index (χ4v) is 2.56. The first-order chi connectivity index (χ1) is 10.1. The number of carbonyl (C=O) groups is 1. The van der Waals surface area contributed by atoms with Crippen molar-refractivity contribution in [1.29, 1.82) is 0 Å². The SMILES string of the molecule is Cc1cc2ncc(C(=O)N3CCOC(CO)C3)c(C)n2n1. The summed E-state index contributed by atoms with van der Waals surface area (Å²) in [4.78, 5) is 18.6. The first-order valence-electron chi connectivity index (χ1n) is 6.94. The summed E-state index contributed by atoms with van der Waals surface area (Å²) in [5, 5.41) is 13.5. The van der Waals surface area contributed by atoms with E-state index in [1.807, 2.05) is 19.9 Å². The van der Waals surface area contributed by atoms with E-state index in [9.17, 15) is 9.90 Å². The number of hydrogen-bond donors (Lipinski definition) is 1. The van der Waals surface area contributed by atoms with Crippen molar-refractivity contribution in [3.63, 3.8) is 0 Å². The summed E-state index contributed by atoms with van der Waals surface area (Å²) in [7, 11) is 0. The molecule has 1 aliphatic heterocycles. The fourth-order valence-electron chi connectivity index (χ4n) is 2.56. The van der Waals surface area contributed by atoms with E-state index in [1.54, 1.807) is 15.6 Å². The minimum atomic E-state index is -0.313. The number of nitrogens with zero attached hydrogens (tertiary/aromatic N) is 4. The van der Waals surface area contributed by atoms with E-state index in [4.69, 9.17) is 4.74 Å². The van der Waals surface area contributed by atoms with Crippen LogP contribution in [-0.4, -0.2) is 62.9 Å². The third-order valence-corrected chi connectivity index (χ3v) is 3.71. The van der Waals surface area contributed by atoms with Crippen molar-refractivity contribution in [2.75, 3.05) is 26.3 Å². The van der Waals surface area contributed by atoms with E-state index in [1.165, 1.54) is 0 Å². The van der Waals surface area contributed by atoms with Gasteiger partial charge in [0, 0.05) is 25.4 Å². The maximum absolute atomic E-state index is 12.6. The first kappa shape index (κ1) is 14.0. The normalized spacial score (nSPS) is 19.2. The Morgan fingerprint density at radius 2 is 2.33 bits per heavy atom. The maximum atomic E-state index is 12.6. The smallest absolute Gasteiger partial charge is 0.257 e. The van der Waals surface area contributed by atoms with Crippen molar-refractivity contribution in [2.45, 2.75) is 20.0 Å². The number of aliphatic hydroxyl groups is 1. The zero-order chi connectivity index (χ0) is 15.0. The Morgan fingerprint density at radius 1 is 1.52 bits per heavy atom. The maximum Gasteiger partial charge on any atom is 0.257 e. The second kappa shape index (κ2) is 5.42. The third kappa shape index (κ3) is 2.50. The molecular formula is C14H18N4O3. The van der Waals surface area contributed by atoms with Crippen LogP contribution in [0.25, 0.3) is 5.65 Å². The lowest BCUT2D eigenvalue weighted by atomic mass is 10.2. The van der Waals surface area contributed by atoms with Gasteiger partial charge in [-0.2, -0.15) is 5.10 Å². The summed E-state index contributed by atoms with van der Waals surface area (Å²) in [6.45, 7) is 5.02. The number of hydrogen-bond acceptors (Lipinski definition) is 5. The average Bonchev–Trinajstić information content (AvgIpc) is 2.88. The highest BCUT2D eigenvalue weighted by atomic mass is 16.5. The Morgan fingerprint density at radius 3 is 3.10 bits per heavy atom. The Balaban J connectivity index is 1.92. The van der Waals surface area contributed by atoms with Crippen LogP contribution < -0.4 is 0 Å². The summed E-state index contributed by atoms with van der Waals surface area (Å²) >= 11 is 0.